The molecule has 1 aliphatic rings. The quantitative estimate of drug-likeness (QED) is 0.699. The summed E-state index contributed by atoms with van der Waals surface area (Å²) in [6, 6.07) is 12.8. The van der Waals surface area contributed by atoms with Crippen LogP contribution in [0.15, 0.2) is 36.4 Å². The predicted molar refractivity (Wildman–Crippen MR) is 117 cm³/mol. The summed E-state index contributed by atoms with van der Waals surface area (Å²) in [6.07, 6.45) is 1.12. The maximum atomic E-state index is 8.12. The van der Waals surface area contributed by atoms with Crippen molar-refractivity contribution in [1.82, 2.24) is 0 Å². The number of benzene rings is 2. The molecule has 1 heterocycles. The van der Waals surface area contributed by atoms with Gasteiger partial charge < -0.3 is 14.0 Å². The average Bonchev–Trinajstić information content (AvgIpc) is 2.83. The Balaban J connectivity index is 0.00000101. The number of hydrogen-bond acceptors (Lipinski definition) is 5. The first-order valence-corrected chi connectivity index (χ1v) is 10.1. The zero-order valence-electron chi connectivity index (χ0n) is 19.0. The highest BCUT2D eigenvalue weighted by Gasteiger charge is 2.52. The highest BCUT2D eigenvalue weighted by molar-refractivity contribution is 6.63. The molecule has 0 unspecified atom stereocenters. The Hall–Kier alpha value is -2.40. The second-order valence-electron chi connectivity index (χ2n) is 8.76. The van der Waals surface area contributed by atoms with Crippen molar-refractivity contribution in [2.75, 3.05) is 6.61 Å². The normalized spacial score (nSPS) is 16.4. The van der Waals surface area contributed by atoms with Gasteiger partial charge in [0.15, 0.2) is 0 Å². The molecular formula is C24H31BO5. The molecule has 6 heteroatoms. The third-order valence-corrected chi connectivity index (χ3v) is 5.67. The molecule has 30 heavy (non-hydrogen) atoms. The predicted octanol–water partition coefficient (Wildman–Crippen LogP) is 3.95. The molecule has 1 aliphatic heterocycles. The summed E-state index contributed by atoms with van der Waals surface area (Å²) in [7, 11) is -0.411. The van der Waals surface area contributed by atoms with Crippen LogP contribution >= 0.6 is 0 Å². The molecule has 0 bridgehead atoms. The summed E-state index contributed by atoms with van der Waals surface area (Å²) in [4.78, 5) is 16.2. The van der Waals surface area contributed by atoms with Gasteiger partial charge in [0, 0.05) is 11.9 Å². The van der Waals surface area contributed by atoms with Gasteiger partial charge in [-0.1, -0.05) is 47.5 Å². The van der Waals surface area contributed by atoms with Crippen LogP contribution in [0.25, 0.3) is 0 Å². The lowest BCUT2D eigenvalue weighted by Crippen LogP contribution is -2.41. The molecule has 3 rings (SSSR count). The minimum atomic E-state index is -0.411. The molecular weight excluding hydrogens is 379 g/mol. The highest BCUT2D eigenvalue weighted by atomic mass is 16.7. The Morgan fingerprint density at radius 3 is 2.00 bits per heavy atom. The maximum Gasteiger partial charge on any atom is 0.498 e. The standard InChI is InChI=1S/C23H31BO3.CO2/c1-16-13-17(2)15-19(14-16)11-12-25-21-18(3)9-8-10-20(21)24-26-22(4,5)23(6,7)27-24;2-1-3/h8-10,13-15H,11-12H2,1-7H3;. The summed E-state index contributed by atoms with van der Waals surface area (Å²) < 4.78 is 18.7. The number of para-hydroxylation sites is 1. The zero-order chi connectivity index (χ0) is 22.5. The molecule has 1 saturated heterocycles. The van der Waals surface area contributed by atoms with Crippen molar-refractivity contribution in [3.05, 3.63) is 58.7 Å². The summed E-state index contributed by atoms with van der Waals surface area (Å²) in [6.45, 7) is 15.3. The fourth-order valence-corrected chi connectivity index (χ4v) is 3.51. The monoisotopic (exact) mass is 410 g/mol. The molecule has 0 saturated carbocycles. The van der Waals surface area contributed by atoms with Crippen LogP contribution in [0.5, 0.6) is 5.75 Å². The van der Waals surface area contributed by atoms with E-state index in [1.54, 1.807) is 0 Å². The lowest BCUT2D eigenvalue weighted by Gasteiger charge is -2.32. The van der Waals surface area contributed by atoms with E-state index in [1.807, 2.05) is 12.1 Å². The molecule has 0 atom stereocenters. The Kier molecular flexibility index (Phi) is 7.65. The molecule has 160 valence electrons. The van der Waals surface area contributed by atoms with E-state index in [4.69, 9.17) is 23.6 Å². The van der Waals surface area contributed by atoms with Crippen LogP contribution in [0.2, 0.25) is 0 Å². The van der Waals surface area contributed by atoms with Crippen LogP contribution < -0.4 is 10.2 Å². The largest absolute Gasteiger partial charge is 0.498 e. The molecule has 0 spiro atoms. The summed E-state index contributed by atoms with van der Waals surface area (Å²) in [5.41, 5.74) is 5.22. The highest BCUT2D eigenvalue weighted by Crippen LogP contribution is 2.37. The second-order valence-corrected chi connectivity index (χ2v) is 8.76. The fourth-order valence-electron chi connectivity index (χ4n) is 3.51. The van der Waals surface area contributed by atoms with Crippen LogP contribution in [0.3, 0.4) is 0 Å². The van der Waals surface area contributed by atoms with Crippen molar-refractivity contribution < 1.29 is 23.6 Å². The number of rotatable bonds is 5. The Bertz CT molecular complexity index is 878. The van der Waals surface area contributed by atoms with E-state index >= 15 is 0 Å². The molecule has 0 radical (unpaired) electrons. The van der Waals surface area contributed by atoms with Crippen LogP contribution in [0.1, 0.15) is 49.9 Å². The lowest BCUT2D eigenvalue weighted by atomic mass is 9.77. The van der Waals surface area contributed by atoms with Crippen molar-refractivity contribution in [2.45, 2.75) is 66.1 Å². The first-order chi connectivity index (χ1) is 14.0. The van der Waals surface area contributed by atoms with Crippen molar-refractivity contribution in [1.29, 1.82) is 0 Å². The topological polar surface area (TPSA) is 61.8 Å². The Morgan fingerprint density at radius 2 is 1.47 bits per heavy atom. The summed E-state index contributed by atoms with van der Waals surface area (Å²) >= 11 is 0. The molecule has 5 nitrogen and oxygen atoms in total. The van der Waals surface area contributed by atoms with Gasteiger partial charge in [0.2, 0.25) is 0 Å². The first kappa shape index (κ1) is 23.9. The van der Waals surface area contributed by atoms with Gasteiger partial charge in [-0.25, -0.2) is 0 Å². The van der Waals surface area contributed by atoms with Crippen LogP contribution in [0.4, 0.5) is 0 Å². The minimum Gasteiger partial charge on any atom is -0.493 e. The first-order valence-electron chi connectivity index (χ1n) is 10.1. The van der Waals surface area contributed by atoms with Crippen molar-refractivity contribution in [3.63, 3.8) is 0 Å². The lowest BCUT2D eigenvalue weighted by molar-refractivity contribution is -0.191. The van der Waals surface area contributed by atoms with Crippen molar-refractivity contribution in [2.24, 2.45) is 0 Å². The van der Waals surface area contributed by atoms with Gasteiger partial charge in [0.25, 0.3) is 0 Å². The molecule has 0 N–H and O–H groups in total. The minimum absolute atomic E-state index is 0.250. The van der Waals surface area contributed by atoms with E-state index < -0.39 is 7.12 Å². The van der Waals surface area contributed by atoms with Crippen LogP contribution in [-0.4, -0.2) is 31.1 Å². The number of aryl methyl sites for hydroxylation is 3. The van der Waals surface area contributed by atoms with Gasteiger partial charge in [-0.05, 0) is 59.6 Å². The molecule has 2 aromatic carbocycles. The van der Waals surface area contributed by atoms with E-state index in [0.717, 1.165) is 23.2 Å². The molecule has 0 amide bonds. The van der Waals surface area contributed by atoms with Crippen molar-refractivity contribution >= 4 is 18.7 Å². The van der Waals surface area contributed by atoms with Crippen molar-refractivity contribution in [3.8, 4) is 5.75 Å². The smallest absolute Gasteiger partial charge is 0.493 e. The van der Waals surface area contributed by atoms with Crippen LogP contribution in [0, 0.1) is 20.8 Å². The van der Waals surface area contributed by atoms with Crippen LogP contribution in [-0.2, 0) is 25.3 Å². The van der Waals surface area contributed by atoms with Gasteiger partial charge >= 0.3 is 13.3 Å². The average molecular weight is 410 g/mol. The van der Waals surface area contributed by atoms with Gasteiger partial charge in [-0.3, -0.25) is 0 Å². The van der Waals surface area contributed by atoms with Gasteiger partial charge in [0.1, 0.15) is 5.75 Å². The van der Waals surface area contributed by atoms with E-state index in [1.165, 1.54) is 16.7 Å². The van der Waals surface area contributed by atoms with E-state index in [-0.39, 0.29) is 17.4 Å². The van der Waals surface area contributed by atoms with E-state index in [2.05, 4.69) is 72.7 Å². The summed E-state index contributed by atoms with van der Waals surface area (Å²) in [5.74, 6) is 0.875. The van der Waals surface area contributed by atoms with E-state index in [0.29, 0.717) is 6.61 Å². The molecule has 0 aliphatic carbocycles. The fraction of sp³-hybridized carbons (Fsp3) is 0.458. The number of ether oxygens (including phenoxy) is 1. The SMILES string of the molecule is Cc1cc(C)cc(CCOc2c(C)cccc2B2OC(C)(C)C(C)(C)O2)c1.O=C=O. The Morgan fingerprint density at radius 1 is 0.933 bits per heavy atom. The van der Waals surface area contributed by atoms with Gasteiger partial charge in [-0.15, -0.1) is 0 Å². The molecule has 0 aromatic heterocycles. The van der Waals surface area contributed by atoms with E-state index in [9.17, 15) is 0 Å². The van der Waals surface area contributed by atoms with Gasteiger partial charge in [0.05, 0.1) is 17.8 Å². The second kappa shape index (κ2) is 9.61. The summed E-state index contributed by atoms with van der Waals surface area (Å²) in [5, 5.41) is 0. The third kappa shape index (κ3) is 5.60. The molecule has 2 aromatic rings. The maximum absolute atomic E-state index is 8.12. The molecule has 1 fully saturated rings. The Labute approximate surface area is 179 Å². The van der Waals surface area contributed by atoms with Gasteiger partial charge in [-0.2, -0.15) is 9.59 Å². The zero-order valence-corrected chi connectivity index (χ0v) is 19.0. The third-order valence-electron chi connectivity index (χ3n) is 5.67. The number of hydrogen-bond donors (Lipinski definition) is 0. The number of carbonyl (C=O) groups excluding carboxylic acids is 2.